The minimum atomic E-state index is -3.58. The van der Waals surface area contributed by atoms with Crippen LogP contribution in [0.3, 0.4) is 0 Å². The Balaban J connectivity index is 1.76. The average Bonchev–Trinajstić information content (AvgIpc) is 3.17. The molecule has 0 unspecified atom stereocenters. The predicted molar refractivity (Wildman–Crippen MR) is 116 cm³/mol. The summed E-state index contributed by atoms with van der Waals surface area (Å²) in [6.07, 6.45) is 2.43. The molecule has 0 fully saturated rings. The summed E-state index contributed by atoms with van der Waals surface area (Å²) in [5.41, 5.74) is 4.78. The molecule has 6 nitrogen and oxygen atoms in total. The normalized spacial score (nSPS) is 14.6. The standard InChI is InChI=1S/C23H20N2O4S/c1-14-20(12-26)15(2)24-22(14)11-19-18-10-17(8-9-21(18)25-23(19)27)30(28,29)13-16-6-4-3-5-7-16/h3-12,24H,13H2,1-2H3,(H,25,27)/b19-11-. The van der Waals surface area contributed by atoms with Crippen LogP contribution < -0.4 is 5.32 Å². The van der Waals surface area contributed by atoms with Crippen LogP contribution in [0.2, 0.25) is 0 Å². The molecule has 2 heterocycles. The predicted octanol–water partition coefficient (Wildman–Crippen LogP) is 3.91. The topological polar surface area (TPSA) is 96.1 Å². The number of aryl methyl sites for hydroxylation is 1. The van der Waals surface area contributed by atoms with Gasteiger partial charge in [0.2, 0.25) is 0 Å². The Hall–Kier alpha value is -3.45. The molecule has 2 N–H and O–H groups in total. The number of rotatable bonds is 5. The van der Waals surface area contributed by atoms with Gasteiger partial charge in [-0.2, -0.15) is 0 Å². The Bertz CT molecular complexity index is 1300. The van der Waals surface area contributed by atoms with Gasteiger partial charge < -0.3 is 10.3 Å². The minimum Gasteiger partial charge on any atom is -0.358 e. The molecule has 0 atom stereocenters. The molecule has 1 aromatic heterocycles. The lowest BCUT2D eigenvalue weighted by Gasteiger charge is -2.07. The van der Waals surface area contributed by atoms with Gasteiger partial charge in [-0.05, 0) is 49.2 Å². The molecule has 152 valence electrons. The molecular formula is C23H20N2O4S. The molecule has 0 saturated heterocycles. The molecule has 1 aliphatic rings. The van der Waals surface area contributed by atoms with E-state index in [1.807, 2.05) is 6.07 Å². The van der Waals surface area contributed by atoms with Gasteiger partial charge in [-0.15, -0.1) is 0 Å². The second kappa shape index (κ2) is 7.42. The van der Waals surface area contributed by atoms with Crippen LogP contribution in [0.4, 0.5) is 5.69 Å². The van der Waals surface area contributed by atoms with Gasteiger partial charge in [0.1, 0.15) is 0 Å². The smallest absolute Gasteiger partial charge is 0.256 e. The Kier molecular flexibility index (Phi) is 4.91. The summed E-state index contributed by atoms with van der Waals surface area (Å²) in [4.78, 5) is 27.1. The first-order valence-electron chi connectivity index (χ1n) is 9.38. The summed E-state index contributed by atoms with van der Waals surface area (Å²) in [5, 5.41) is 2.77. The number of hydrogen-bond acceptors (Lipinski definition) is 4. The van der Waals surface area contributed by atoms with Gasteiger partial charge >= 0.3 is 0 Å². The van der Waals surface area contributed by atoms with E-state index in [4.69, 9.17) is 0 Å². The highest BCUT2D eigenvalue weighted by atomic mass is 32.2. The molecule has 7 heteroatoms. The lowest BCUT2D eigenvalue weighted by atomic mass is 10.0. The molecular weight excluding hydrogens is 400 g/mol. The van der Waals surface area contributed by atoms with Gasteiger partial charge in [0.15, 0.2) is 16.1 Å². The molecule has 30 heavy (non-hydrogen) atoms. The highest BCUT2D eigenvalue weighted by Crippen LogP contribution is 2.36. The highest BCUT2D eigenvalue weighted by molar-refractivity contribution is 7.90. The quantitative estimate of drug-likeness (QED) is 0.483. The summed E-state index contributed by atoms with van der Waals surface area (Å²) >= 11 is 0. The van der Waals surface area contributed by atoms with E-state index in [9.17, 15) is 18.0 Å². The van der Waals surface area contributed by atoms with Crippen molar-refractivity contribution in [3.05, 3.63) is 82.2 Å². The van der Waals surface area contributed by atoms with E-state index in [0.29, 0.717) is 39.3 Å². The second-order valence-electron chi connectivity index (χ2n) is 7.28. The molecule has 1 amide bonds. The first kappa shape index (κ1) is 19.8. The van der Waals surface area contributed by atoms with Crippen molar-refractivity contribution in [3.63, 3.8) is 0 Å². The number of carbonyl (C=O) groups excluding carboxylic acids is 2. The summed E-state index contributed by atoms with van der Waals surface area (Å²) in [6, 6.07) is 13.6. The van der Waals surface area contributed by atoms with Crippen LogP contribution in [0.25, 0.3) is 11.6 Å². The van der Waals surface area contributed by atoms with Crippen molar-refractivity contribution < 1.29 is 18.0 Å². The van der Waals surface area contributed by atoms with Crippen molar-refractivity contribution in [2.45, 2.75) is 24.5 Å². The summed E-state index contributed by atoms with van der Waals surface area (Å²) in [5.74, 6) is -0.438. The number of anilines is 1. The van der Waals surface area contributed by atoms with E-state index in [0.717, 1.165) is 11.8 Å². The zero-order valence-corrected chi connectivity index (χ0v) is 17.3. The van der Waals surface area contributed by atoms with E-state index >= 15 is 0 Å². The zero-order chi connectivity index (χ0) is 21.5. The van der Waals surface area contributed by atoms with Gasteiger partial charge in [0, 0.05) is 28.2 Å². The molecule has 3 aromatic rings. The van der Waals surface area contributed by atoms with E-state index in [2.05, 4.69) is 10.3 Å². The van der Waals surface area contributed by atoms with Crippen molar-refractivity contribution in [2.75, 3.05) is 5.32 Å². The van der Waals surface area contributed by atoms with E-state index in [1.165, 1.54) is 12.1 Å². The van der Waals surface area contributed by atoms with Crippen LogP contribution in [0.15, 0.2) is 53.4 Å². The molecule has 0 aliphatic carbocycles. The fraction of sp³-hybridized carbons (Fsp3) is 0.130. The molecule has 2 aromatic carbocycles. The van der Waals surface area contributed by atoms with Crippen LogP contribution >= 0.6 is 0 Å². The van der Waals surface area contributed by atoms with E-state index in [1.54, 1.807) is 50.3 Å². The number of aromatic amines is 1. The molecule has 4 rings (SSSR count). The van der Waals surface area contributed by atoms with Crippen molar-refractivity contribution >= 4 is 39.4 Å². The van der Waals surface area contributed by atoms with Crippen molar-refractivity contribution in [2.24, 2.45) is 0 Å². The fourth-order valence-electron chi connectivity index (χ4n) is 3.64. The Morgan fingerprint density at radius 3 is 2.43 bits per heavy atom. The lowest BCUT2D eigenvalue weighted by Crippen LogP contribution is -2.05. The van der Waals surface area contributed by atoms with Crippen LogP contribution in [0.1, 0.15) is 38.4 Å². The monoisotopic (exact) mass is 420 g/mol. The number of sulfone groups is 1. The van der Waals surface area contributed by atoms with Gasteiger partial charge in [-0.1, -0.05) is 30.3 Å². The third-order valence-electron chi connectivity index (χ3n) is 5.27. The summed E-state index contributed by atoms with van der Waals surface area (Å²) < 4.78 is 25.8. The molecule has 0 spiro atoms. The maximum Gasteiger partial charge on any atom is 0.256 e. The van der Waals surface area contributed by atoms with Crippen LogP contribution in [0, 0.1) is 13.8 Å². The Labute approximate surface area is 174 Å². The maximum atomic E-state index is 12.9. The Morgan fingerprint density at radius 2 is 1.77 bits per heavy atom. The first-order valence-corrected chi connectivity index (χ1v) is 11.0. The fourth-order valence-corrected chi connectivity index (χ4v) is 5.01. The van der Waals surface area contributed by atoms with E-state index < -0.39 is 9.84 Å². The SMILES string of the molecule is Cc1[nH]c(/C=C2\C(=O)Nc3ccc(S(=O)(=O)Cc4ccccc4)cc32)c(C)c1C=O. The molecule has 0 bridgehead atoms. The first-order chi connectivity index (χ1) is 14.3. The van der Waals surface area contributed by atoms with Crippen molar-refractivity contribution in [1.82, 2.24) is 4.98 Å². The number of fused-ring (bicyclic) bond motifs is 1. The number of aromatic nitrogens is 1. The largest absolute Gasteiger partial charge is 0.358 e. The van der Waals surface area contributed by atoms with Crippen LogP contribution in [-0.4, -0.2) is 25.6 Å². The number of H-pyrrole nitrogens is 1. The minimum absolute atomic E-state index is 0.120. The van der Waals surface area contributed by atoms with Gasteiger partial charge in [-0.3, -0.25) is 9.59 Å². The third kappa shape index (κ3) is 3.48. The zero-order valence-electron chi connectivity index (χ0n) is 16.5. The number of nitrogens with one attached hydrogen (secondary N) is 2. The van der Waals surface area contributed by atoms with Crippen LogP contribution in [0.5, 0.6) is 0 Å². The lowest BCUT2D eigenvalue weighted by molar-refractivity contribution is -0.110. The van der Waals surface area contributed by atoms with Gasteiger partial charge in [0.05, 0.1) is 16.2 Å². The van der Waals surface area contributed by atoms with E-state index in [-0.39, 0.29) is 16.6 Å². The number of amides is 1. The number of hydrogen-bond donors (Lipinski definition) is 2. The number of benzene rings is 2. The summed E-state index contributed by atoms with van der Waals surface area (Å²) in [7, 11) is -3.58. The summed E-state index contributed by atoms with van der Waals surface area (Å²) in [6.45, 7) is 3.59. The number of aldehydes is 1. The number of carbonyl (C=O) groups is 2. The van der Waals surface area contributed by atoms with Crippen molar-refractivity contribution in [1.29, 1.82) is 0 Å². The second-order valence-corrected chi connectivity index (χ2v) is 9.27. The van der Waals surface area contributed by atoms with Crippen molar-refractivity contribution in [3.8, 4) is 0 Å². The average molecular weight is 420 g/mol. The maximum absolute atomic E-state index is 12.9. The van der Waals surface area contributed by atoms with Gasteiger partial charge in [0.25, 0.3) is 5.91 Å². The Morgan fingerprint density at radius 1 is 1.03 bits per heavy atom. The third-order valence-corrected chi connectivity index (χ3v) is 6.96. The molecule has 1 aliphatic heterocycles. The van der Waals surface area contributed by atoms with Gasteiger partial charge in [-0.25, -0.2) is 8.42 Å². The highest BCUT2D eigenvalue weighted by Gasteiger charge is 2.27. The molecule has 0 radical (unpaired) electrons. The molecule has 0 saturated carbocycles. The van der Waals surface area contributed by atoms with Crippen LogP contribution in [-0.2, 0) is 20.4 Å².